The number of Topliss-reactive ketones (excluding diaryl/α,β-unsaturated/α-hetero) is 1. The number of benzene rings is 1. The number of carbonyl (C=O) groups excluding carboxylic acids is 10. The third-order valence-corrected chi connectivity index (χ3v) is 15.5. The van der Waals surface area contributed by atoms with Crippen LogP contribution in [-0.4, -0.2) is 183 Å². The van der Waals surface area contributed by atoms with Crippen molar-refractivity contribution in [1.82, 2.24) is 52.4 Å². The van der Waals surface area contributed by atoms with Crippen LogP contribution in [0.2, 0.25) is 0 Å². The first kappa shape index (κ1) is 60.7. The number of nitrogens with two attached hydrogens (primary N) is 1. The summed E-state index contributed by atoms with van der Waals surface area (Å²) >= 11 is 1.00. The number of nitrogens with zero attached hydrogens (tertiary/aromatic N) is 1. The second-order valence-corrected chi connectivity index (χ2v) is 22.5. The van der Waals surface area contributed by atoms with E-state index in [9.17, 15) is 53.7 Å². The molecule has 430 valence electrons. The molecule has 27 heteroatoms. The molecular weight excluding hydrogens is 1040 g/mol. The number of amides is 9. The highest BCUT2D eigenvalue weighted by Gasteiger charge is 2.57. The van der Waals surface area contributed by atoms with Crippen LogP contribution >= 0.6 is 11.8 Å². The maximum Gasteiger partial charge on any atom is 0.407 e. The Balaban J connectivity index is 1.57. The lowest BCUT2D eigenvalue weighted by Crippen LogP contribution is -2.68. The van der Waals surface area contributed by atoms with Crippen LogP contribution in [-0.2, 0) is 54.3 Å². The van der Waals surface area contributed by atoms with Gasteiger partial charge in [0.25, 0.3) is 0 Å². The summed E-state index contributed by atoms with van der Waals surface area (Å²) in [6, 6.07) is -4.68. The van der Waals surface area contributed by atoms with Crippen LogP contribution in [0.3, 0.4) is 0 Å². The molecule has 2 unspecified atom stereocenters. The van der Waals surface area contributed by atoms with Crippen molar-refractivity contribution < 1.29 is 72.7 Å². The summed E-state index contributed by atoms with van der Waals surface area (Å²) in [5.74, 6) is -10.3. The molecule has 5 aliphatic rings. The number of hydrogen-bond donors (Lipinski definition) is 13. The van der Waals surface area contributed by atoms with Crippen LogP contribution in [0.25, 0.3) is 10.9 Å². The predicted molar refractivity (Wildman–Crippen MR) is 281 cm³/mol. The SMILES string of the molecule is CC[C@H](C)[C@@H]1NC(=O)CNC(=O)C2Cc3c4[nH]c5cc(ccc35)O[C@@](CCCCCCNC(=O)OC(C)(C)C)(C(=O)[C@H](CC(N)=O)NC(=O)C(CS4)NC(=O)CNC1=O)N1C[C@H](O)C[C@H]1C(=O)N[C@@H]([C@@H](C)[C@@H](O)CO)C(=O)N2. The van der Waals surface area contributed by atoms with E-state index in [2.05, 4.69) is 47.5 Å². The number of primary amides is 1. The third kappa shape index (κ3) is 15.2. The van der Waals surface area contributed by atoms with Crippen LogP contribution < -0.4 is 53.0 Å². The van der Waals surface area contributed by atoms with E-state index < -0.39 is 163 Å². The number of aliphatic hydroxyl groups is 3. The van der Waals surface area contributed by atoms with Gasteiger partial charge in [-0.2, -0.15) is 0 Å². The number of ether oxygens (including phenoxy) is 2. The molecule has 1 saturated heterocycles. The number of unbranched alkanes of at least 4 members (excludes halogenated alkanes) is 3. The number of aromatic amines is 1. The second-order valence-electron chi connectivity index (χ2n) is 21.4. The first-order valence-electron chi connectivity index (χ1n) is 26.4. The lowest BCUT2D eigenvalue weighted by atomic mass is 9.89. The molecule has 5 aliphatic heterocycles. The molecular formula is C51H75N11O15S. The Kier molecular flexibility index (Phi) is 20.5. The number of fused-ring (bicyclic) bond motifs is 7. The summed E-state index contributed by atoms with van der Waals surface area (Å²) < 4.78 is 12.3. The van der Waals surface area contributed by atoms with Gasteiger partial charge in [0.05, 0.1) is 54.9 Å². The molecule has 7 rings (SSSR count). The summed E-state index contributed by atoms with van der Waals surface area (Å²) in [5.41, 5.74) is 3.46. The number of hydrogen-bond acceptors (Lipinski definition) is 17. The Morgan fingerprint density at radius 1 is 0.885 bits per heavy atom. The fraction of sp³-hybridized carbons (Fsp3) is 0.647. The molecule has 0 aliphatic carbocycles. The summed E-state index contributed by atoms with van der Waals surface area (Å²) in [4.78, 5) is 146. The molecule has 8 bridgehead atoms. The normalized spacial score (nSPS) is 27.3. The van der Waals surface area contributed by atoms with Crippen molar-refractivity contribution in [3.05, 3.63) is 23.8 Å². The van der Waals surface area contributed by atoms with E-state index in [4.69, 9.17) is 15.2 Å². The van der Waals surface area contributed by atoms with Gasteiger partial charge in [0.1, 0.15) is 41.6 Å². The number of rotatable bonds is 14. The number of carbonyl (C=O) groups is 10. The number of nitrogens with one attached hydrogen (secondary N) is 9. The molecule has 14 N–H and O–H groups in total. The highest BCUT2D eigenvalue weighted by atomic mass is 32.2. The Bertz CT molecular complexity index is 2590. The van der Waals surface area contributed by atoms with Gasteiger partial charge in [-0.3, -0.25) is 43.2 Å². The predicted octanol–water partition coefficient (Wildman–Crippen LogP) is -2.03. The molecule has 1 fully saturated rings. The zero-order valence-electron chi connectivity index (χ0n) is 44.8. The summed E-state index contributed by atoms with van der Waals surface area (Å²) in [7, 11) is 0. The minimum atomic E-state index is -2.37. The van der Waals surface area contributed by atoms with Crippen molar-refractivity contribution in [3.8, 4) is 5.75 Å². The van der Waals surface area contributed by atoms with E-state index in [1.165, 1.54) is 17.9 Å². The van der Waals surface area contributed by atoms with Crippen LogP contribution in [0.15, 0.2) is 23.2 Å². The smallest absolute Gasteiger partial charge is 0.407 e. The van der Waals surface area contributed by atoms with Gasteiger partial charge in [0, 0.05) is 49.1 Å². The summed E-state index contributed by atoms with van der Waals surface area (Å²) in [5, 5.41) is 54.5. The summed E-state index contributed by atoms with van der Waals surface area (Å²) in [6.45, 7) is 7.61. The maximum absolute atomic E-state index is 16.0. The molecule has 6 heterocycles. The molecule has 11 atom stereocenters. The molecule has 9 amide bonds. The topological polar surface area (TPSA) is 391 Å². The van der Waals surface area contributed by atoms with Crippen LogP contribution in [0.4, 0.5) is 4.79 Å². The van der Waals surface area contributed by atoms with E-state index in [0.717, 1.165) is 11.8 Å². The van der Waals surface area contributed by atoms with E-state index in [1.807, 2.05) is 0 Å². The van der Waals surface area contributed by atoms with Crippen LogP contribution in [0.1, 0.15) is 98.5 Å². The lowest BCUT2D eigenvalue weighted by Gasteiger charge is -2.45. The average molecular weight is 1110 g/mol. The average Bonchev–Trinajstić information content (AvgIpc) is 3.94. The van der Waals surface area contributed by atoms with Gasteiger partial charge in [0.15, 0.2) is 0 Å². The molecule has 1 aromatic heterocycles. The number of thioether (sulfide) groups is 1. The number of H-pyrrole nitrogens is 1. The van der Waals surface area contributed by atoms with Crippen molar-refractivity contribution >= 4 is 81.8 Å². The number of aliphatic hydroxyl groups excluding tert-OH is 3. The minimum Gasteiger partial charge on any atom is -0.465 e. The Labute approximate surface area is 455 Å². The Morgan fingerprint density at radius 3 is 2.26 bits per heavy atom. The van der Waals surface area contributed by atoms with Crippen molar-refractivity contribution in [2.24, 2.45) is 17.6 Å². The molecule has 0 saturated carbocycles. The van der Waals surface area contributed by atoms with Crippen LogP contribution in [0, 0.1) is 11.8 Å². The largest absolute Gasteiger partial charge is 0.465 e. The third-order valence-electron chi connectivity index (χ3n) is 14.4. The second kappa shape index (κ2) is 26.4. The maximum atomic E-state index is 16.0. The van der Waals surface area contributed by atoms with Crippen molar-refractivity contribution in [2.45, 2.75) is 164 Å². The molecule has 26 nitrogen and oxygen atoms in total. The van der Waals surface area contributed by atoms with Gasteiger partial charge >= 0.3 is 6.09 Å². The molecule has 2 aromatic rings. The van der Waals surface area contributed by atoms with Gasteiger partial charge < -0.3 is 78.0 Å². The van der Waals surface area contributed by atoms with Gasteiger partial charge in [0.2, 0.25) is 58.8 Å². The highest BCUT2D eigenvalue weighted by molar-refractivity contribution is 7.99. The van der Waals surface area contributed by atoms with Crippen LogP contribution in [0.5, 0.6) is 5.75 Å². The molecule has 0 spiro atoms. The Morgan fingerprint density at radius 2 is 1.58 bits per heavy atom. The van der Waals surface area contributed by atoms with Gasteiger partial charge in [-0.05, 0) is 63.6 Å². The molecule has 0 radical (unpaired) electrons. The lowest BCUT2D eigenvalue weighted by molar-refractivity contribution is -0.166. The van der Waals surface area contributed by atoms with Gasteiger partial charge in [-0.15, -0.1) is 11.8 Å². The monoisotopic (exact) mass is 1110 g/mol. The summed E-state index contributed by atoms with van der Waals surface area (Å²) in [6.07, 6.45) is -3.48. The van der Waals surface area contributed by atoms with Gasteiger partial charge in [-0.25, -0.2) is 9.69 Å². The van der Waals surface area contributed by atoms with Crippen molar-refractivity contribution in [2.75, 3.05) is 38.5 Å². The zero-order valence-corrected chi connectivity index (χ0v) is 45.6. The van der Waals surface area contributed by atoms with E-state index in [1.54, 1.807) is 46.8 Å². The van der Waals surface area contributed by atoms with Crippen molar-refractivity contribution in [3.63, 3.8) is 0 Å². The van der Waals surface area contributed by atoms with E-state index >= 15 is 9.59 Å². The first-order valence-corrected chi connectivity index (χ1v) is 27.4. The zero-order chi connectivity index (χ0) is 57.2. The number of ketones is 1. The van der Waals surface area contributed by atoms with Crippen molar-refractivity contribution in [1.29, 1.82) is 0 Å². The number of aromatic nitrogens is 1. The number of alkyl carbamates (subject to hydrolysis) is 1. The first-order chi connectivity index (χ1) is 36.8. The minimum absolute atomic E-state index is 0.0372. The van der Waals surface area contributed by atoms with E-state index in [0.29, 0.717) is 47.2 Å². The fourth-order valence-electron chi connectivity index (χ4n) is 9.96. The standard InChI is InChI=1S/C51H75N11O15S/c1-7-25(2)40-46(73)55-20-38(67)56-34-24-78-48-30-18-33(43(70)54-21-39(68)60-40)58-47(74)41(26(3)36(65)23-63)61-45(72)35-16-27(64)22-62(35)51(42(69)32(19-37(52)66)57-44(34)71,76-28-12-13-29(30)31(17-28)59-48)14-10-8-9-11-15-53-49(75)77-50(4,5)6/h12-13,17,25-27,32-36,40-41,59,63-65H,7-11,14-16,18-24H2,1-6H3,(H2,52,66)(H,53,75)(H,54,70)(H,55,73)(H,56,67)(H,57,71)(H,58,74)(H,60,68)(H,61,72)/t25-,26-,27+,32-,33?,34?,35-,36-,40-,41-,51-/m0/s1. The highest BCUT2D eigenvalue weighted by Crippen LogP contribution is 2.40. The molecule has 78 heavy (non-hydrogen) atoms. The Hall–Kier alpha value is -6.55. The fourth-order valence-corrected chi connectivity index (χ4v) is 11.1. The quantitative estimate of drug-likeness (QED) is 0.0907. The molecule has 1 aromatic carbocycles. The van der Waals surface area contributed by atoms with E-state index in [-0.39, 0.29) is 43.7 Å². The van der Waals surface area contributed by atoms with Gasteiger partial charge in [-0.1, -0.05) is 40.0 Å².